The highest BCUT2D eigenvalue weighted by Gasteiger charge is 2.39. The molecule has 3 unspecified atom stereocenters. The van der Waals surface area contributed by atoms with Gasteiger partial charge in [-0.25, -0.2) is 0 Å². The molecule has 4 atom stereocenters. The molecule has 1 heterocycles. The Morgan fingerprint density at radius 1 is 1.09 bits per heavy atom. The first kappa shape index (κ1) is 26.8. The second-order valence-electron chi connectivity index (χ2n) is 8.89. The van der Waals surface area contributed by atoms with Crippen LogP contribution in [0.15, 0.2) is 30.3 Å². The van der Waals surface area contributed by atoms with Crippen molar-refractivity contribution >= 4 is 17.7 Å². The summed E-state index contributed by atoms with van der Waals surface area (Å²) in [5.74, 6) is -0.250. The number of carbonyl (C=O) groups is 3. The molecule has 7 heteroatoms. The maximum absolute atomic E-state index is 13.7. The van der Waals surface area contributed by atoms with E-state index in [1.807, 2.05) is 37.3 Å². The molecule has 0 saturated carbocycles. The molecular weight excluding hydrogens is 416 g/mol. The smallest absolute Gasteiger partial charge is 0.246 e. The van der Waals surface area contributed by atoms with Crippen molar-refractivity contribution in [3.63, 3.8) is 0 Å². The van der Waals surface area contributed by atoms with E-state index in [0.29, 0.717) is 25.9 Å². The van der Waals surface area contributed by atoms with E-state index in [9.17, 15) is 14.4 Å². The molecule has 2 N–H and O–H groups in total. The lowest BCUT2D eigenvalue weighted by Crippen LogP contribution is -2.58. The minimum absolute atomic E-state index is 0.115. The SMILES string of the molecule is CCNC(=O)[C@@H]1CCCN1C(=O)C(Cc1ccccc1)NC(=O)C(C(C)CC)N(CC)CC. The van der Waals surface area contributed by atoms with E-state index in [-0.39, 0.29) is 29.7 Å². The largest absolute Gasteiger partial charge is 0.355 e. The molecule has 7 nitrogen and oxygen atoms in total. The number of nitrogens with one attached hydrogen (secondary N) is 2. The van der Waals surface area contributed by atoms with Crippen LogP contribution in [-0.2, 0) is 20.8 Å². The zero-order valence-corrected chi connectivity index (χ0v) is 21.0. The molecule has 3 amide bonds. The maximum atomic E-state index is 13.7. The van der Waals surface area contributed by atoms with Gasteiger partial charge in [-0.05, 0) is 44.3 Å². The van der Waals surface area contributed by atoms with E-state index < -0.39 is 12.1 Å². The van der Waals surface area contributed by atoms with Gasteiger partial charge in [-0.3, -0.25) is 19.3 Å². The fourth-order valence-electron chi connectivity index (χ4n) is 4.73. The van der Waals surface area contributed by atoms with Crippen LogP contribution in [0.25, 0.3) is 0 Å². The molecule has 0 spiro atoms. The number of rotatable bonds is 12. The van der Waals surface area contributed by atoms with Gasteiger partial charge in [0, 0.05) is 19.5 Å². The quantitative estimate of drug-likeness (QED) is 0.504. The summed E-state index contributed by atoms with van der Waals surface area (Å²) in [6.07, 6.45) is 2.71. The highest BCUT2D eigenvalue weighted by molar-refractivity contribution is 5.93. The van der Waals surface area contributed by atoms with Gasteiger partial charge in [-0.2, -0.15) is 0 Å². The van der Waals surface area contributed by atoms with Crippen LogP contribution in [0, 0.1) is 5.92 Å². The highest BCUT2D eigenvalue weighted by Crippen LogP contribution is 2.21. The van der Waals surface area contributed by atoms with E-state index >= 15 is 0 Å². The van der Waals surface area contributed by atoms with Crippen LogP contribution in [0.1, 0.15) is 59.4 Å². The fourth-order valence-corrected chi connectivity index (χ4v) is 4.73. The third kappa shape index (κ3) is 7.03. The molecule has 184 valence electrons. The standard InChI is InChI=1S/C26H42N4O3/c1-6-19(5)23(29(8-3)9-4)25(32)28-21(18-20-14-11-10-12-15-20)26(33)30-17-13-16-22(30)24(31)27-7-2/h10-12,14-15,19,21-23H,6-9,13,16-18H2,1-5H3,(H,27,31)(H,28,32)/t19?,21?,22-,23?/m0/s1. The van der Waals surface area contributed by atoms with E-state index in [2.05, 4.69) is 43.2 Å². The first-order valence-electron chi connectivity index (χ1n) is 12.5. The second kappa shape index (κ2) is 13.3. The molecule has 33 heavy (non-hydrogen) atoms. The first-order valence-corrected chi connectivity index (χ1v) is 12.5. The predicted octanol–water partition coefficient (Wildman–Crippen LogP) is 2.60. The summed E-state index contributed by atoms with van der Waals surface area (Å²) >= 11 is 0. The number of nitrogens with zero attached hydrogens (tertiary/aromatic N) is 2. The van der Waals surface area contributed by atoms with Gasteiger partial charge in [-0.15, -0.1) is 0 Å². The predicted molar refractivity (Wildman–Crippen MR) is 132 cm³/mol. The average Bonchev–Trinajstić information content (AvgIpc) is 3.32. The van der Waals surface area contributed by atoms with Crippen LogP contribution >= 0.6 is 0 Å². The van der Waals surface area contributed by atoms with Gasteiger partial charge in [-0.1, -0.05) is 64.4 Å². The number of hydrogen-bond acceptors (Lipinski definition) is 4. The van der Waals surface area contributed by atoms with Gasteiger partial charge in [0.05, 0.1) is 6.04 Å². The summed E-state index contributed by atoms with van der Waals surface area (Å²) in [7, 11) is 0. The zero-order valence-electron chi connectivity index (χ0n) is 21.0. The first-order chi connectivity index (χ1) is 15.9. The molecule has 0 bridgehead atoms. The number of likely N-dealkylation sites (N-methyl/N-ethyl adjacent to an activating group) is 2. The minimum Gasteiger partial charge on any atom is -0.355 e. The molecule has 2 rings (SSSR count). The summed E-state index contributed by atoms with van der Waals surface area (Å²) in [5.41, 5.74) is 0.979. The topological polar surface area (TPSA) is 81.8 Å². The van der Waals surface area contributed by atoms with Gasteiger partial charge in [0.1, 0.15) is 12.1 Å². The van der Waals surface area contributed by atoms with Crippen molar-refractivity contribution in [1.29, 1.82) is 0 Å². The van der Waals surface area contributed by atoms with Crippen molar-refractivity contribution in [1.82, 2.24) is 20.4 Å². The average molecular weight is 459 g/mol. The van der Waals surface area contributed by atoms with E-state index in [1.165, 1.54) is 0 Å². The Balaban J connectivity index is 2.30. The summed E-state index contributed by atoms with van der Waals surface area (Å²) in [5, 5.41) is 5.94. The Bertz CT molecular complexity index is 766. The van der Waals surface area contributed by atoms with Crippen molar-refractivity contribution in [2.45, 2.75) is 78.4 Å². The molecule has 0 aliphatic carbocycles. The van der Waals surface area contributed by atoms with Crippen LogP contribution in [0.4, 0.5) is 0 Å². The second-order valence-corrected chi connectivity index (χ2v) is 8.89. The normalized spacial score (nSPS) is 18.6. The summed E-state index contributed by atoms with van der Waals surface area (Å²) < 4.78 is 0. The van der Waals surface area contributed by atoms with Crippen molar-refractivity contribution in [3.05, 3.63) is 35.9 Å². The van der Waals surface area contributed by atoms with Gasteiger partial charge < -0.3 is 15.5 Å². The Labute approximate surface area is 199 Å². The summed E-state index contributed by atoms with van der Waals surface area (Å²) in [6, 6.07) is 8.26. The van der Waals surface area contributed by atoms with Crippen LogP contribution < -0.4 is 10.6 Å². The lowest BCUT2D eigenvalue weighted by Gasteiger charge is -2.35. The van der Waals surface area contributed by atoms with Crippen molar-refractivity contribution < 1.29 is 14.4 Å². The highest BCUT2D eigenvalue weighted by atomic mass is 16.2. The van der Waals surface area contributed by atoms with Crippen molar-refractivity contribution in [2.75, 3.05) is 26.2 Å². The van der Waals surface area contributed by atoms with Gasteiger partial charge in [0.15, 0.2) is 0 Å². The molecule has 0 aromatic heterocycles. The third-order valence-corrected chi connectivity index (χ3v) is 6.74. The molecule has 0 radical (unpaired) electrons. The molecule has 1 aliphatic heterocycles. The van der Waals surface area contributed by atoms with E-state index in [4.69, 9.17) is 0 Å². The lowest BCUT2D eigenvalue weighted by atomic mass is 9.95. The van der Waals surface area contributed by atoms with Gasteiger partial charge >= 0.3 is 0 Å². The third-order valence-electron chi connectivity index (χ3n) is 6.74. The molecule has 1 saturated heterocycles. The zero-order chi connectivity index (χ0) is 24.4. The molecular formula is C26H42N4O3. The summed E-state index contributed by atoms with van der Waals surface area (Å²) in [6.45, 7) is 12.8. The van der Waals surface area contributed by atoms with Crippen LogP contribution in [0.2, 0.25) is 0 Å². The fraction of sp³-hybridized carbons (Fsp3) is 0.654. The van der Waals surface area contributed by atoms with Crippen LogP contribution in [-0.4, -0.2) is 71.8 Å². The van der Waals surface area contributed by atoms with Crippen molar-refractivity contribution in [3.8, 4) is 0 Å². The Morgan fingerprint density at radius 2 is 1.76 bits per heavy atom. The lowest BCUT2D eigenvalue weighted by molar-refractivity contribution is -0.142. The molecule has 1 fully saturated rings. The monoisotopic (exact) mass is 458 g/mol. The number of hydrogen-bond donors (Lipinski definition) is 2. The Hall–Kier alpha value is -2.41. The Kier molecular flexibility index (Phi) is 10.8. The van der Waals surface area contributed by atoms with Gasteiger partial charge in [0.2, 0.25) is 17.7 Å². The summed E-state index contributed by atoms with van der Waals surface area (Å²) in [4.78, 5) is 43.6. The molecule has 1 aliphatic rings. The van der Waals surface area contributed by atoms with E-state index in [0.717, 1.165) is 31.5 Å². The van der Waals surface area contributed by atoms with E-state index in [1.54, 1.807) is 4.90 Å². The number of carbonyl (C=O) groups excluding carboxylic acids is 3. The van der Waals surface area contributed by atoms with Crippen LogP contribution in [0.3, 0.4) is 0 Å². The molecule has 1 aromatic rings. The minimum atomic E-state index is -0.711. The number of amides is 3. The Morgan fingerprint density at radius 3 is 2.33 bits per heavy atom. The number of benzene rings is 1. The number of likely N-dealkylation sites (tertiary alicyclic amines) is 1. The molecule has 1 aromatic carbocycles. The van der Waals surface area contributed by atoms with Gasteiger partial charge in [0.25, 0.3) is 0 Å². The van der Waals surface area contributed by atoms with Crippen LogP contribution in [0.5, 0.6) is 0 Å². The maximum Gasteiger partial charge on any atom is 0.246 e. The van der Waals surface area contributed by atoms with Crippen molar-refractivity contribution in [2.24, 2.45) is 5.92 Å².